The fourth-order valence-electron chi connectivity index (χ4n) is 2.99. The van der Waals surface area contributed by atoms with Crippen LogP contribution in [0.1, 0.15) is 5.56 Å². The van der Waals surface area contributed by atoms with Gasteiger partial charge in [-0.05, 0) is 30.3 Å². The molecule has 0 saturated carbocycles. The summed E-state index contributed by atoms with van der Waals surface area (Å²) < 4.78 is 56.9. The summed E-state index contributed by atoms with van der Waals surface area (Å²) in [6.45, 7) is 0.356. The van der Waals surface area contributed by atoms with Gasteiger partial charge in [0.15, 0.2) is 11.0 Å². The normalized spacial score (nSPS) is 11.4. The molecule has 182 valence electrons. The monoisotopic (exact) mass is 496 g/mol. The number of alkyl halides is 3. The van der Waals surface area contributed by atoms with Gasteiger partial charge < -0.3 is 24.1 Å². The molecule has 0 aliphatic rings. The molecule has 34 heavy (non-hydrogen) atoms. The molecular weight excluding hydrogens is 473 g/mol. The summed E-state index contributed by atoms with van der Waals surface area (Å²) in [6, 6.07) is 10.2. The van der Waals surface area contributed by atoms with Crippen molar-refractivity contribution < 1.29 is 32.2 Å². The molecule has 1 heterocycles. The highest BCUT2D eigenvalue weighted by Crippen LogP contribution is 2.35. The number of para-hydroxylation sites is 1. The Bertz CT molecular complexity index is 1140. The number of carbonyl (C=O) groups is 1. The number of carbonyl (C=O) groups excluding carboxylic acids is 1. The van der Waals surface area contributed by atoms with E-state index in [0.29, 0.717) is 16.7 Å². The number of ether oxygens (including phenoxy) is 3. The number of hydrogen-bond donors (Lipinski definition) is 1. The summed E-state index contributed by atoms with van der Waals surface area (Å²) in [4.78, 5) is 12.5. The number of thioether (sulfide) groups is 1. The number of anilines is 1. The van der Waals surface area contributed by atoms with E-state index in [4.69, 9.17) is 14.2 Å². The molecule has 0 fully saturated rings. The second-order valence-electron chi connectivity index (χ2n) is 6.95. The van der Waals surface area contributed by atoms with Crippen LogP contribution in [0.3, 0.4) is 0 Å². The highest BCUT2D eigenvalue weighted by molar-refractivity contribution is 7.99. The van der Waals surface area contributed by atoms with E-state index >= 15 is 0 Å². The fraction of sp³-hybridized carbons (Fsp3) is 0.318. The van der Waals surface area contributed by atoms with Crippen molar-refractivity contribution in [2.45, 2.75) is 11.3 Å². The summed E-state index contributed by atoms with van der Waals surface area (Å²) >= 11 is 1.09. The van der Waals surface area contributed by atoms with Crippen molar-refractivity contribution in [3.63, 3.8) is 0 Å². The number of benzene rings is 2. The van der Waals surface area contributed by atoms with Crippen molar-refractivity contribution in [1.29, 1.82) is 0 Å². The third kappa shape index (κ3) is 6.20. The zero-order valence-corrected chi connectivity index (χ0v) is 19.5. The third-order valence-corrected chi connectivity index (χ3v) is 5.66. The number of aromatic nitrogens is 3. The van der Waals surface area contributed by atoms with Gasteiger partial charge in [-0.2, -0.15) is 13.2 Å². The van der Waals surface area contributed by atoms with Crippen LogP contribution < -0.4 is 14.8 Å². The molecule has 1 aromatic heterocycles. The average molecular weight is 497 g/mol. The van der Waals surface area contributed by atoms with E-state index in [1.54, 1.807) is 24.8 Å². The van der Waals surface area contributed by atoms with Gasteiger partial charge in [0.1, 0.15) is 18.1 Å². The Labute approximate surface area is 198 Å². The zero-order valence-electron chi connectivity index (χ0n) is 18.7. The Hall–Kier alpha value is -3.25. The predicted molar refractivity (Wildman–Crippen MR) is 121 cm³/mol. The van der Waals surface area contributed by atoms with E-state index in [1.807, 2.05) is 18.2 Å². The Morgan fingerprint density at radius 2 is 1.85 bits per heavy atom. The Balaban J connectivity index is 1.72. The van der Waals surface area contributed by atoms with Crippen LogP contribution in [0.5, 0.6) is 11.5 Å². The fourth-order valence-corrected chi connectivity index (χ4v) is 3.70. The topological polar surface area (TPSA) is 87.5 Å². The summed E-state index contributed by atoms with van der Waals surface area (Å²) in [5, 5.41) is 11.2. The van der Waals surface area contributed by atoms with Crippen molar-refractivity contribution in [2.75, 3.05) is 38.5 Å². The molecule has 0 saturated heterocycles. The van der Waals surface area contributed by atoms with Gasteiger partial charge in [0.2, 0.25) is 5.91 Å². The molecule has 0 bridgehead atoms. The number of methoxy groups -OCH3 is 2. The largest absolute Gasteiger partial charge is 0.496 e. The first-order valence-corrected chi connectivity index (χ1v) is 11.0. The van der Waals surface area contributed by atoms with Crippen LogP contribution in [0.2, 0.25) is 0 Å². The minimum absolute atomic E-state index is 0.0794. The molecule has 0 aliphatic heterocycles. The van der Waals surface area contributed by atoms with E-state index < -0.39 is 17.6 Å². The van der Waals surface area contributed by atoms with Gasteiger partial charge in [0.25, 0.3) is 0 Å². The first-order chi connectivity index (χ1) is 16.2. The highest BCUT2D eigenvalue weighted by atomic mass is 32.2. The van der Waals surface area contributed by atoms with Gasteiger partial charge >= 0.3 is 6.18 Å². The van der Waals surface area contributed by atoms with Gasteiger partial charge in [-0.15, -0.1) is 10.2 Å². The van der Waals surface area contributed by atoms with Crippen LogP contribution in [0.4, 0.5) is 18.9 Å². The molecule has 0 unspecified atom stereocenters. The lowest BCUT2D eigenvalue weighted by Gasteiger charge is -2.15. The summed E-state index contributed by atoms with van der Waals surface area (Å²) in [5.41, 5.74) is -0.244. The van der Waals surface area contributed by atoms with Crippen LogP contribution >= 0.6 is 11.8 Å². The van der Waals surface area contributed by atoms with Gasteiger partial charge in [0.05, 0.1) is 36.3 Å². The van der Waals surface area contributed by atoms with E-state index in [1.165, 1.54) is 13.2 Å². The van der Waals surface area contributed by atoms with E-state index in [-0.39, 0.29) is 30.4 Å². The maximum absolute atomic E-state index is 13.1. The van der Waals surface area contributed by atoms with E-state index in [2.05, 4.69) is 15.5 Å². The summed E-state index contributed by atoms with van der Waals surface area (Å²) in [7, 11) is 4.77. The quantitative estimate of drug-likeness (QED) is 0.331. The Morgan fingerprint density at radius 1 is 1.09 bits per heavy atom. The van der Waals surface area contributed by atoms with Crippen molar-refractivity contribution in [2.24, 2.45) is 7.05 Å². The summed E-state index contributed by atoms with van der Waals surface area (Å²) in [5.74, 6) is 0.652. The number of halogens is 3. The first-order valence-electron chi connectivity index (χ1n) is 10.0. The van der Waals surface area contributed by atoms with Crippen LogP contribution in [-0.4, -0.2) is 53.9 Å². The highest BCUT2D eigenvalue weighted by Gasteiger charge is 2.31. The Morgan fingerprint density at radius 3 is 2.56 bits per heavy atom. The summed E-state index contributed by atoms with van der Waals surface area (Å²) in [6.07, 6.45) is -4.56. The van der Waals surface area contributed by atoms with Gasteiger partial charge in [-0.25, -0.2) is 0 Å². The lowest BCUT2D eigenvalue weighted by Crippen LogP contribution is -2.17. The van der Waals surface area contributed by atoms with Gasteiger partial charge in [-0.3, -0.25) is 4.79 Å². The Kier molecular flexibility index (Phi) is 8.40. The van der Waals surface area contributed by atoms with Crippen LogP contribution in [0.15, 0.2) is 47.6 Å². The molecule has 0 aliphatic carbocycles. The van der Waals surface area contributed by atoms with Crippen LogP contribution in [0.25, 0.3) is 11.4 Å². The van der Waals surface area contributed by atoms with Gasteiger partial charge in [0, 0.05) is 14.2 Å². The lowest BCUT2D eigenvalue weighted by atomic mass is 10.1. The maximum atomic E-state index is 13.1. The SMILES string of the molecule is COCCOc1ccc(C(F)(F)F)cc1NC(=O)CSc1nnc(-c2ccccc2OC)n1C. The molecule has 3 rings (SSSR count). The lowest BCUT2D eigenvalue weighted by molar-refractivity contribution is -0.137. The molecule has 3 aromatic rings. The molecular formula is C22H23F3N4O4S. The minimum atomic E-state index is -4.56. The van der Waals surface area contributed by atoms with Crippen LogP contribution in [-0.2, 0) is 22.8 Å². The first kappa shape index (κ1) is 25.4. The third-order valence-electron chi connectivity index (χ3n) is 4.64. The van der Waals surface area contributed by atoms with Crippen molar-refractivity contribution in [3.8, 4) is 22.9 Å². The van der Waals surface area contributed by atoms with E-state index in [0.717, 1.165) is 29.5 Å². The number of nitrogens with one attached hydrogen (secondary N) is 1. The molecule has 0 atom stereocenters. The standard InChI is InChI=1S/C22H23F3N4O4S/c1-29-20(15-6-4-5-7-17(15)32-3)27-28-21(29)34-13-19(30)26-16-12-14(22(23,24)25)8-9-18(16)33-11-10-31-2/h4-9,12H,10-11,13H2,1-3H3,(H,26,30). The number of rotatable bonds is 10. The number of hydrogen-bond acceptors (Lipinski definition) is 7. The van der Waals surface area contributed by atoms with Crippen molar-refractivity contribution in [3.05, 3.63) is 48.0 Å². The maximum Gasteiger partial charge on any atom is 0.416 e. The van der Waals surface area contributed by atoms with Crippen molar-refractivity contribution in [1.82, 2.24) is 14.8 Å². The second kappa shape index (κ2) is 11.3. The smallest absolute Gasteiger partial charge is 0.416 e. The molecule has 12 heteroatoms. The van der Waals surface area contributed by atoms with Crippen molar-refractivity contribution >= 4 is 23.4 Å². The molecule has 0 spiro atoms. The average Bonchev–Trinajstić information content (AvgIpc) is 3.18. The second-order valence-corrected chi connectivity index (χ2v) is 7.89. The van der Waals surface area contributed by atoms with Gasteiger partial charge in [-0.1, -0.05) is 23.9 Å². The number of amides is 1. The molecule has 2 aromatic carbocycles. The zero-order chi connectivity index (χ0) is 24.7. The predicted octanol–water partition coefficient (Wildman–Crippen LogP) is 4.27. The van der Waals surface area contributed by atoms with Crippen LogP contribution in [0, 0.1) is 0 Å². The number of nitrogens with zero attached hydrogens (tertiary/aromatic N) is 3. The molecule has 1 N–H and O–H groups in total. The minimum Gasteiger partial charge on any atom is -0.496 e. The molecule has 0 radical (unpaired) electrons. The molecule has 1 amide bonds. The van der Waals surface area contributed by atoms with E-state index in [9.17, 15) is 18.0 Å². The molecule has 8 nitrogen and oxygen atoms in total.